The molecule has 3 aliphatic rings. The van der Waals surface area contributed by atoms with E-state index in [1.165, 1.54) is 4.90 Å². The van der Waals surface area contributed by atoms with Crippen molar-refractivity contribution in [2.24, 2.45) is 11.8 Å². The molecule has 258 valence electrons. The van der Waals surface area contributed by atoms with Crippen LogP contribution < -0.4 is 0 Å². The number of likely N-dealkylation sites (N-methyl/N-ethyl adjacent to an activating group) is 1. The number of carbonyl (C=O) groups excluding carboxylic acids is 4. The average Bonchev–Trinajstić information content (AvgIpc) is 3.66. The molecule has 1 aromatic rings. The van der Waals surface area contributed by atoms with E-state index < -0.39 is 47.7 Å². The molecule has 1 N–H and O–H groups in total. The number of benzene rings is 1. The fourth-order valence-corrected chi connectivity index (χ4v) is 8.58. The molecule has 0 aliphatic carbocycles. The van der Waals surface area contributed by atoms with Crippen LogP contribution in [0.1, 0.15) is 71.0 Å². The number of aliphatic hydroxyl groups is 1. The summed E-state index contributed by atoms with van der Waals surface area (Å²) in [5.41, 5.74) is -0.533. The van der Waals surface area contributed by atoms with Gasteiger partial charge in [0.1, 0.15) is 17.7 Å². The molecule has 2 unspecified atom stereocenters. The second kappa shape index (κ2) is 15.9. The molecule has 0 aromatic heterocycles. The monoisotopic (exact) mass is 715 g/mol. The second-order valence-electron chi connectivity index (χ2n) is 13.0. The number of esters is 1. The predicted molar refractivity (Wildman–Crippen MR) is 182 cm³/mol. The third-order valence-electron chi connectivity index (χ3n) is 10.1. The van der Waals surface area contributed by atoms with Crippen LogP contribution in [-0.2, 0) is 28.7 Å². The first-order valence-electron chi connectivity index (χ1n) is 16.8. The van der Waals surface area contributed by atoms with Crippen LogP contribution in [0.2, 0.25) is 0 Å². The number of ether oxygens (including phenoxy) is 2. The quantitative estimate of drug-likeness (QED) is 0.144. The van der Waals surface area contributed by atoms with Crippen LogP contribution in [0.3, 0.4) is 0 Å². The van der Waals surface area contributed by atoms with Gasteiger partial charge >= 0.3 is 5.97 Å². The van der Waals surface area contributed by atoms with E-state index >= 15 is 0 Å². The molecule has 11 heteroatoms. The molecule has 3 aliphatic heterocycles. The summed E-state index contributed by atoms with van der Waals surface area (Å²) in [6.45, 7) is 13.7. The molecule has 3 amide bonds. The van der Waals surface area contributed by atoms with Crippen molar-refractivity contribution in [3.05, 3.63) is 61.2 Å². The summed E-state index contributed by atoms with van der Waals surface area (Å²) in [5, 5.41) is 9.70. The highest BCUT2D eigenvalue weighted by Gasteiger charge is 2.77. The number of allylic oxidation sites excluding steroid dienone is 1. The second-order valence-corrected chi connectivity index (χ2v) is 14.2. The van der Waals surface area contributed by atoms with E-state index in [-0.39, 0.29) is 54.6 Å². The summed E-state index contributed by atoms with van der Waals surface area (Å²) >= 11 is 3.73. The lowest BCUT2D eigenvalue weighted by Crippen LogP contribution is -2.58. The van der Waals surface area contributed by atoms with E-state index in [1.807, 2.05) is 44.2 Å². The maximum Gasteiger partial charge on any atom is 0.313 e. The van der Waals surface area contributed by atoms with Crippen molar-refractivity contribution in [3.63, 3.8) is 0 Å². The van der Waals surface area contributed by atoms with Crippen molar-refractivity contribution in [3.8, 4) is 0 Å². The molecule has 0 radical (unpaired) electrons. The molecule has 47 heavy (non-hydrogen) atoms. The highest BCUT2D eigenvalue weighted by atomic mass is 79.9. The van der Waals surface area contributed by atoms with Gasteiger partial charge in [0.05, 0.1) is 24.0 Å². The van der Waals surface area contributed by atoms with Gasteiger partial charge in [-0.25, -0.2) is 0 Å². The normalized spacial score (nSPS) is 27.9. The summed E-state index contributed by atoms with van der Waals surface area (Å²) in [6.07, 6.45) is 4.96. The minimum Gasteiger partial charge on any atom is -0.455 e. The highest BCUT2D eigenvalue weighted by Crippen LogP contribution is 2.60. The minimum atomic E-state index is -1.25. The first kappa shape index (κ1) is 36.8. The Morgan fingerprint density at radius 3 is 2.53 bits per heavy atom. The first-order valence-corrected chi connectivity index (χ1v) is 17.7. The van der Waals surface area contributed by atoms with Crippen molar-refractivity contribution < 1.29 is 33.8 Å². The molecule has 3 heterocycles. The molecule has 3 fully saturated rings. The standard InChI is InChI=1S/C36H50BrN3O7/c1-7-10-18-27(42)38(6)24(5)30(25-16-12-11-13-17-25)46-35(45)28-29-33(43)40(20-14-21-41)32(36(29)22-26(37)31(28)47-36)34(44)39(19-9-3)23(4)15-8-2/h7,9,11-13,16-17,23-24,26,28-32,41H,1,3,8,10,14-15,18-22H2,2,4-6H3/t23?,24-,26?,28-,29+,30+,31-,32-,36+/m1/s1. The van der Waals surface area contributed by atoms with Gasteiger partial charge in [-0.1, -0.05) is 71.8 Å². The SMILES string of the molecule is C=CCCC(=O)N(C)[C@H](C)[C@H](OC(=O)[C@H]1[C@@H]2O[C@@]3(CC2Br)[C@@H]1C(=O)N(CCCO)[C@@H]3C(=O)N(CC=C)C(C)CCC)c1ccccc1. The summed E-state index contributed by atoms with van der Waals surface area (Å²) in [4.78, 5) is 60.8. The molecule has 3 saturated heterocycles. The number of hydrogen-bond donors (Lipinski definition) is 1. The number of rotatable bonds is 17. The number of carbonyl (C=O) groups is 4. The zero-order valence-corrected chi connectivity index (χ0v) is 29.6. The number of alkyl halides is 1. The minimum absolute atomic E-state index is 0.103. The molecule has 1 spiro atoms. The molecule has 0 saturated carbocycles. The van der Waals surface area contributed by atoms with Crippen molar-refractivity contribution in [2.45, 2.75) is 100 Å². The van der Waals surface area contributed by atoms with Crippen molar-refractivity contribution in [2.75, 3.05) is 26.7 Å². The summed E-state index contributed by atoms with van der Waals surface area (Å²) < 4.78 is 13.0. The van der Waals surface area contributed by atoms with Crippen LogP contribution in [0.15, 0.2) is 55.6 Å². The van der Waals surface area contributed by atoms with Crippen LogP contribution in [0, 0.1) is 11.8 Å². The van der Waals surface area contributed by atoms with Crippen molar-refractivity contribution >= 4 is 39.6 Å². The molecular weight excluding hydrogens is 666 g/mol. The van der Waals surface area contributed by atoms with Gasteiger partial charge in [-0.15, -0.1) is 13.2 Å². The maximum atomic E-state index is 14.5. The third-order valence-corrected chi connectivity index (χ3v) is 10.9. The number of amides is 3. The molecule has 2 bridgehead atoms. The van der Waals surface area contributed by atoms with Crippen LogP contribution in [0.25, 0.3) is 0 Å². The van der Waals surface area contributed by atoms with E-state index in [1.54, 1.807) is 29.0 Å². The van der Waals surface area contributed by atoms with Gasteiger partial charge in [0.25, 0.3) is 0 Å². The Kier molecular flexibility index (Phi) is 12.5. The Morgan fingerprint density at radius 1 is 1.21 bits per heavy atom. The van der Waals surface area contributed by atoms with Crippen LogP contribution in [0.5, 0.6) is 0 Å². The average molecular weight is 717 g/mol. The van der Waals surface area contributed by atoms with Crippen LogP contribution in [-0.4, -0.2) is 105 Å². The van der Waals surface area contributed by atoms with Gasteiger partial charge < -0.3 is 29.3 Å². The first-order chi connectivity index (χ1) is 22.5. The van der Waals surface area contributed by atoms with Gasteiger partial charge in [0.2, 0.25) is 17.7 Å². The van der Waals surface area contributed by atoms with E-state index in [9.17, 15) is 24.3 Å². The predicted octanol–water partition coefficient (Wildman–Crippen LogP) is 4.42. The topological polar surface area (TPSA) is 117 Å². The van der Waals surface area contributed by atoms with Gasteiger partial charge in [0.15, 0.2) is 0 Å². The van der Waals surface area contributed by atoms with Crippen LogP contribution in [0.4, 0.5) is 0 Å². The lowest BCUT2D eigenvalue weighted by atomic mass is 9.70. The maximum absolute atomic E-state index is 14.5. The van der Waals surface area contributed by atoms with Gasteiger partial charge in [-0.2, -0.15) is 0 Å². The number of nitrogens with zero attached hydrogens (tertiary/aromatic N) is 3. The Labute approximate surface area is 287 Å². The summed E-state index contributed by atoms with van der Waals surface area (Å²) in [6, 6.07) is 7.66. The van der Waals surface area contributed by atoms with Gasteiger partial charge in [-0.3, -0.25) is 19.2 Å². The van der Waals surface area contributed by atoms with Gasteiger partial charge in [0, 0.05) is 44.0 Å². The number of fused-ring (bicyclic) bond motifs is 1. The molecule has 9 atom stereocenters. The molecule has 4 rings (SSSR count). The summed E-state index contributed by atoms with van der Waals surface area (Å²) in [7, 11) is 1.69. The summed E-state index contributed by atoms with van der Waals surface area (Å²) in [5.74, 6) is -3.22. The lowest BCUT2D eigenvalue weighted by molar-refractivity contribution is -0.164. The highest BCUT2D eigenvalue weighted by molar-refractivity contribution is 9.09. The zero-order chi connectivity index (χ0) is 34.5. The Bertz CT molecular complexity index is 1310. The fourth-order valence-electron chi connectivity index (χ4n) is 7.64. The Balaban J connectivity index is 1.71. The molecule has 10 nitrogen and oxygen atoms in total. The smallest absolute Gasteiger partial charge is 0.313 e. The molecular formula is C36H50BrN3O7. The van der Waals surface area contributed by atoms with E-state index in [2.05, 4.69) is 36.0 Å². The molecule has 1 aromatic carbocycles. The van der Waals surface area contributed by atoms with Gasteiger partial charge in [-0.05, 0) is 45.1 Å². The lowest BCUT2D eigenvalue weighted by Gasteiger charge is -2.39. The number of likely N-dealkylation sites (tertiary alicyclic amines) is 1. The largest absolute Gasteiger partial charge is 0.455 e. The van der Waals surface area contributed by atoms with Crippen molar-refractivity contribution in [1.29, 1.82) is 0 Å². The third kappa shape index (κ3) is 7.08. The van der Waals surface area contributed by atoms with E-state index in [0.717, 1.165) is 12.8 Å². The van der Waals surface area contributed by atoms with E-state index in [4.69, 9.17) is 9.47 Å². The fraction of sp³-hybridized carbons (Fsp3) is 0.611. The van der Waals surface area contributed by atoms with E-state index in [0.29, 0.717) is 24.9 Å². The zero-order valence-electron chi connectivity index (χ0n) is 28.1. The van der Waals surface area contributed by atoms with Crippen LogP contribution >= 0.6 is 15.9 Å². The Morgan fingerprint density at radius 2 is 1.91 bits per heavy atom. The Hall–Kier alpha value is -3.02. The number of aliphatic hydroxyl groups excluding tert-OH is 1. The van der Waals surface area contributed by atoms with Crippen molar-refractivity contribution in [1.82, 2.24) is 14.7 Å². The number of hydrogen-bond acceptors (Lipinski definition) is 7. The number of halogens is 1.